The van der Waals surface area contributed by atoms with Crippen molar-refractivity contribution in [1.82, 2.24) is 0 Å². The fourth-order valence-electron chi connectivity index (χ4n) is 2.01. The van der Waals surface area contributed by atoms with Gasteiger partial charge in [0.2, 0.25) is 5.91 Å². The normalized spacial score (nSPS) is 12.7. The summed E-state index contributed by atoms with van der Waals surface area (Å²) < 4.78 is 39.1. The van der Waals surface area contributed by atoms with Gasteiger partial charge < -0.3 is 11.1 Å². The zero-order valence-electron chi connectivity index (χ0n) is 10.9. The SMILES string of the molecule is NC(=O)C(Nc1ccccc1)c1ccccc1C(F)(F)F. The van der Waals surface area contributed by atoms with Crippen molar-refractivity contribution in [3.63, 3.8) is 0 Å². The van der Waals surface area contributed by atoms with Gasteiger partial charge >= 0.3 is 6.18 Å². The van der Waals surface area contributed by atoms with Crippen molar-refractivity contribution in [3.8, 4) is 0 Å². The first-order valence-corrected chi connectivity index (χ1v) is 6.16. The van der Waals surface area contributed by atoms with Crippen molar-refractivity contribution in [2.75, 3.05) is 5.32 Å². The first-order valence-electron chi connectivity index (χ1n) is 6.16. The number of primary amides is 1. The van der Waals surface area contributed by atoms with E-state index in [1.54, 1.807) is 30.3 Å². The zero-order valence-corrected chi connectivity index (χ0v) is 10.9. The minimum absolute atomic E-state index is 0.193. The van der Waals surface area contributed by atoms with E-state index in [2.05, 4.69) is 5.32 Å². The molecule has 1 amide bonds. The standard InChI is InChI=1S/C15H13F3N2O/c16-15(17,18)12-9-5-4-8-11(12)13(14(19)21)20-10-6-2-1-3-7-10/h1-9,13,20H,(H2,19,21). The minimum atomic E-state index is -4.55. The summed E-state index contributed by atoms with van der Waals surface area (Å²) in [5.41, 5.74) is 4.70. The summed E-state index contributed by atoms with van der Waals surface area (Å²) in [4.78, 5) is 11.6. The second-order valence-corrected chi connectivity index (χ2v) is 4.43. The quantitative estimate of drug-likeness (QED) is 0.908. The third-order valence-electron chi connectivity index (χ3n) is 2.95. The topological polar surface area (TPSA) is 55.1 Å². The molecule has 0 aliphatic heterocycles. The predicted octanol–water partition coefficient (Wildman–Crippen LogP) is 3.34. The number of para-hydroxylation sites is 1. The Hall–Kier alpha value is -2.50. The lowest BCUT2D eigenvalue weighted by Crippen LogP contribution is -2.29. The van der Waals surface area contributed by atoms with Crippen molar-refractivity contribution in [2.45, 2.75) is 12.2 Å². The summed E-state index contributed by atoms with van der Waals surface area (Å²) in [6, 6.07) is 12.1. The van der Waals surface area contributed by atoms with Gasteiger partial charge in [0, 0.05) is 5.69 Å². The number of benzene rings is 2. The number of hydrogen-bond donors (Lipinski definition) is 2. The summed E-state index contributed by atoms with van der Waals surface area (Å²) >= 11 is 0. The van der Waals surface area contributed by atoms with E-state index in [1.807, 2.05) is 0 Å². The van der Waals surface area contributed by atoms with Gasteiger partial charge in [-0.25, -0.2) is 0 Å². The number of hydrogen-bond acceptors (Lipinski definition) is 2. The highest BCUT2D eigenvalue weighted by Gasteiger charge is 2.36. The maximum absolute atomic E-state index is 13.0. The van der Waals surface area contributed by atoms with Gasteiger partial charge in [-0.15, -0.1) is 0 Å². The molecule has 0 fully saturated rings. The number of alkyl halides is 3. The lowest BCUT2D eigenvalue weighted by Gasteiger charge is -2.21. The number of halogens is 3. The summed E-state index contributed by atoms with van der Waals surface area (Å²) in [6.07, 6.45) is -4.55. The highest BCUT2D eigenvalue weighted by molar-refractivity contribution is 5.85. The molecule has 3 N–H and O–H groups in total. The Morgan fingerprint density at radius 3 is 2.14 bits per heavy atom. The zero-order chi connectivity index (χ0) is 15.5. The van der Waals surface area contributed by atoms with E-state index < -0.39 is 23.7 Å². The van der Waals surface area contributed by atoms with E-state index in [0.717, 1.165) is 6.07 Å². The second kappa shape index (κ2) is 5.87. The number of carbonyl (C=O) groups excluding carboxylic acids is 1. The third-order valence-corrected chi connectivity index (χ3v) is 2.95. The Labute approximate surface area is 119 Å². The van der Waals surface area contributed by atoms with Crippen LogP contribution in [0.1, 0.15) is 17.2 Å². The van der Waals surface area contributed by atoms with Crippen LogP contribution < -0.4 is 11.1 Å². The Kier molecular flexibility index (Phi) is 4.16. The molecule has 1 atom stereocenters. The number of anilines is 1. The van der Waals surface area contributed by atoms with Gasteiger partial charge in [-0.3, -0.25) is 4.79 Å². The molecular formula is C15H13F3N2O. The van der Waals surface area contributed by atoms with Crippen molar-refractivity contribution >= 4 is 11.6 Å². The van der Waals surface area contributed by atoms with Gasteiger partial charge in [-0.05, 0) is 23.8 Å². The number of amides is 1. The van der Waals surface area contributed by atoms with Gasteiger partial charge in [0.15, 0.2) is 0 Å². The Morgan fingerprint density at radius 2 is 1.57 bits per heavy atom. The average molecular weight is 294 g/mol. The highest BCUT2D eigenvalue weighted by Crippen LogP contribution is 2.35. The number of rotatable bonds is 4. The van der Waals surface area contributed by atoms with Crippen LogP contribution in [0.25, 0.3) is 0 Å². The molecule has 110 valence electrons. The van der Waals surface area contributed by atoms with E-state index >= 15 is 0 Å². The molecule has 2 rings (SSSR count). The molecule has 0 aliphatic rings. The fraction of sp³-hybridized carbons (Fsp3) is 0.133. The van der Waals surface area contributed by atoms with Crippen molar-refractivity contribution in [1.29, 1.82) is 0 Å². The van der Waals surface area contributed by atoms with Crippen LogP contribution in [0, 0.1) is 0 Å². The maximum atomic E-state index is 13.0. The van der Waals surface area contributed by atoms with Crippen molar-refractivity contribution in [2.24, 2.45) is 5.73 Å². The van der Waals surface area contributed by atoms with Crippen LogP contribution in [0.15, 0.2) is 54.6 Å². The van der Waals surface area contributed by atoms with Crippen LogP contribution in [-0.2, 0) is 11.0 Å². The third kappa shape index (κ3) is 3.53. The van der Waals surface area contributed by atoms with Gasteiger partial charge in [-0.2, -0.15) is 13.2 Å². The molecular weight excluding hydrogens is 281 g/mol. The molecule has 0 radical (unpaired) electrons. The first kappa shape index (κ1) is 14.9. The molecule has 2 aromatic carbocycles. The van der Waals surface area contributed by atoms with Crippen LogP contribution in [0.3, 0.4) is 0 Å². The second-order valence-electron chi connectivity index (χ2n) is 4.43. The number of nitrogens with two attached hydrogens (primary N) is 1. The van der Waals surface area contributed by atoms with Gasteiger partial charge in [0.05, 0.1) is 5.56 Å². The first-order chi connectivity index (χ1) is 9.89. The molecule has 6 heteroatoms. The van der Waals surface area contributed by atoms with Crippen LogP contribution in [0.5, 0.6) is 0 Å². The van der Waals surface area contributed by atoms with Gasteiger partial charge in [0.25, 0.3) is 0 Å². The fourth-order valence-corrected chi connectivity index (χ4v) is 2.01. The molecule has 2 aromatic rings. The van der Waals surface area contributed by atoms with Crippen LogP contribution in [-0.4, -0.2) is 5.91 Å². The molecule has 0 aliphatic carbocycles. The predicted molar refractivity (Wildman–Crippen MR) is 73.4 cm³/mol. The molecule has 0 saturated carbocycles. The van der Waals surface area contributed by atoms with Crippen LogP contribution >= 0.6 is 0 Å². The molecule has 0 bridgehead atoms. The summed E-state index contributed by atoms with van der Waals surface area (Å²) in [5.74, 6) is -0.879. The van der Waals surface area contributed by atoms with Gasteiger partial charge in [-0.1, -0.05) is 36.4 Å². The minimum Gasteiger partial charge on any atom is -0.370 e. The molecule has 0 saturated heterocycles. The lowest BCUT2D eigenvalue weighted by atomic mass is 9.99. The highest BCUT2D eigenvalue weighted by atomic mass is 19.4. The molecule has 0 heterocycles. The smallest absolute Gasteiger partial charge is 0.370 e. The molecule has 0 spiro atoms. The van der Waals surface area contributed by atoms with E-state index in [1.165, 1.54) is 18.2 Å². The van der Waals surface area contributed by atoms with Crippen molar-refractivity contribution in [3.05, 3.63) is 65.7 Å². The average Bonchev–Trinajstić information content (AvgIpc) is 2.45. The summed E-state index contributed by atoms with van der Waals surface area (Å²) in [6.45, 7) is 0. The lowest BCUT2D eigenvalue weighted by molar-refractivity contribution is -0.138. The number of nitrogens with one attached hydrogen (secondary N) is 1. The van der Waals surface area contributed by atoms with Gasteiger partial charge in [0.1, 0.15) is 6.04 Å². The van der Waals surface area contributed by atoms with Crippen LogP contribution in [0.4, 0.5) is 18.9 Å². The maximum Gasteiger partial charge on any atom is 0.416 e. The Morgan fingerprint density at radius 1 is 1.00 bits per heavy atom. The largest absolute Gasteiger partial charge is 0.416 e. The number of carbonyl (C=O) groups is 1. The Balaban J connectivity index is 2.42. The summed E-state index contributed by atoms with van der Waals surface area (Å²) in [5, 5.41) is 2.73. The van der Waals surface area contributed by atoms with E-state index in [-0.39, 0.29) is 5.56 Å². The Bertz CT molecular complexity index is 626. The van der Waals surface area contributed by atoms with Crippen LogP contribution in [0.2, 0.25) is 0 Å². The molecule has 0 aromatic heterocycles. The van der Waals surface area contributed by atoms with Crippen molar-refractivity contribution < 1.29 is 18.0 Å². The molecule has 3 nitrogen and oxygen atoms in total. The van der Waals surface area contributed by atoms with E-state index in [0.29, 0.717) is 5.69 Å². The van der Waals surface area contributed by atoms with E-state index in [4.69, 9.17) is 5.73 Å². The molecule has 21 heavy (non-hydrogen) atoms. The monoisotopic (exact) mass is 294 g/mol. The summed E-state index contributed by atoms with van der Waals surface area (Å²) in [7, 11) is 0. The molecule has 1 unspecified atom stereocenters. The van der Waals surface area contributed by atoms with E-state index in [9.17, 15) is 18.0 Å².